The molecule has 3 atom stereocenters. The summed E-state index contributed by atoms with van der Waals surface area (Å²) in [5, 5.41) is 12.8. The van der Waals surface area contributed by atoms with Crippen molar-refractivity contribution in [1.82, 2.24) is 5.01 Å². The van der Waals surface area contributed by atoms with Crippen LogP contribution in [0.3, 0.4) is 0 Å². The fraction of sp³-hybridized carbons (Fsp3) is 0.321. The predicted octanol–water partition coefficient (Wildman–Crippen LogP) is 4.82. The molecule has 0 saturated heterocycles. The molecule has 0 amide bonds. The van der Waals surface area contributed by atoms with Crippen molar-refractivity contribution in [3.63, 3.8) is 0 Å². The van der Waals surface area contributed by atoms with Gasteiger partial charge >= 0.3 is 5.97 Å². The largest absolute Gasteiger partial charge is 0.496 e. The van der Waals surface area contributed by atoms with Gasteiger partial charge in [-0.2, -0.15) is 0 Å². The quantitative estimate of drug-likeness (QED) is 0.282. The number of carboxylic acid groups (broad SMARTS) is 1. The van der Waals surface area contributed by atoms with E-state index in [9.17, 15) is 9.90 Å². The number of fused-ring (bicyclic) bond motifs is 1. The number of carbonyl (C=O) groups is 1. The summed E-state index contributed by atoms with van der Waals surface area (Å²) in [7, 11) is 2.10. The number of hydrogen-bond acceptors (Lipinski definition) is 6. The minimum absolute atomic E-state index is 0.0408. The summed E-state index contributed by atoms with van der Waals surface area (Å²) in [5.41, 5.74) is 14.3. The smallest absolute Gasteiger partial charge is 0.304 e. The van der Waals surface area contributed by atoms with Crippen molar-refractivity contribution < 1.29 is 19.4 Å². The third-order valence-electron chi connectivity index (χ3n) is 6.47. The number of carboxylic acids is 1. The van der Waals surface area contributed by atoms with Gasteiger partial charge in [-0.15, -0.1) is 0 Å². The first-order chi connectivity index (χ1) is 17.4. The lowest BCUT2D eigenvalue weighted by atomic mass is 9.87. The highest BCUT2D eigenvalue weighted by Gasteiger charge is 2.24. The van der Waals surface area contributed by atoms with E-state index < -0.39 is 5.97 Å². The van der Waals surface area contributed by atoms with E-state index in [-0.39, 0.29) is 18.4 Å². The zero-order valence-electron chi connectivity index (χ0n) is 21.0. The monoisotopic (exact) mass is 507 g/mol. The fourth-order valence-electron chi connectivity index (χ4n) is 4.68. The van der Waals surface area contributed by atoms with Crippen LogP contribution in [0, 0.1) is 0 Å². The summed E-state index contributed by atoms with van der Waals surface area (Å²) in [6, 6.07) is 19.9. The van der Waals surface area contributed by atoms with Crippen LogP contribution in [-0.4, -0.2) is 42.5 Å². The molecule has 8 heteroatoms. The number of aliphatic carboxylic acids is 1. The minimum Gasteiger partial charge on any atom is -0.496 e. The number of para-hydroxylation sites is 2. The van der Waals surface area contributed by atoms with Gasteiger partial charge < -0.3 is 25.7 Å². The summed E-state index contributed by atoms with van der Waals surface area (Å²) in [6.07, 6.45) is 0.920. The Balaban J connectivity index is 1.64. The first-order valence-electron chi connectivity index (χ1n) is 12.1. The van der Waals surface area contributed by atoms with Crippen LogP contribution in [0.4, 0.5) is 11.4 Å². The molecule has 190 valence electrons. The number of nitrogen functional groups attached to an aromatic ring is 1. The maximum absolute atomic E-state index is 11.9. The van der Waals surface area contributed by atoms with Gasteiger partial charge in [0.15, 0.2) is 0 Å². The van der Waals surface area contributed by atoms with Gasteiger partial charge in [0.1, 0.15) is 17.6 Å². The second-order valence-electron chi connectivity index (χ2n) is 8.97. The van der Waals surface area contributed by atoms with Crippen LogP contribution in [0.15, 0.2) is 60.7 Å². The molecular weight excluding hydrogens is 473 g/mol. The molecule has 3 aromatic carbocycles. The molecule has 0 radical (unpaired) electrons. The van der Waals surface area contributed by atoms with Crippen LogP contribution in [-0.2, 0) is 11.3 Å². The van der Waals surface area contributed by atoms with Crippen molar-refractivity contribution >= 4 is 31.2 Å². The summed E-state index contributed by atoms with van der Waals surface area (Å²) in [4.78, 5) is 11.9. The van der Waals surface area contributed by atoms with Gasteiger partial charge in [-0.25, -0.2) is 5.01 Å². The van der Waals surface area contributed by atoms with Crippen LogP contribution < -0.4 is 25.9 Å². The number of hydrazine groups is 1. The molecule has 3 unspecified atom stereocenters. The average molecular weight is 508 g/mol. The summed E-state index contributed by atoms with van der Waals surface area (Å²) in [6.45, 7) is 5.54. The van der Waals surface area contributed by atoms with Crippen molar-refractivity contribution in [2.75, 3.05) is 31.5 Å². The van der Waals surface area contributed by atoms with E-state index in [1.807, 2.05) is 48.5 Å². The highest BCUT2D eigenvalue weighted by molar-refractivity contribution is 7.47. The summed E-state index contributed by atoms with van der Waals surface area (Å²) >= 11 is 0. The fourth-order valence-corrected chi connectivity index (χ4v) is 5.46. The van der Waals surface area contributed by atoms with Gasteiger partial charge in [0, 0.05) is 23.5 Å². The van der Waals surface area contributed by atoms with Crippen molar-refractivity contribution in [3.05, 3.63) is 77.4 Å². The lowest BCUT2D eigenvalue weighted by Crippen LogP contribution is -2.36. The number of rotatable bonds is 9. The molecule has 36 heavy (non-hydrogen) atoms. The summed E-state index contributed by atoms with van der Waals surface area (Å²) in [5.74, 6) is 0.343. The average Bonchev–Trinajstić information content (AvgIpc) is 3.05. The van der Waals surface area contributed by atoms with Gasteiger partial charge in [-0.3, -0.25) is 4.79 Å². The molecule has 0 bridgehead atoms. The number of methoxy groups -OCH3 is 1. The first kappa shape index (κ1) is 25.8. The standard InChI is InChI=1S/C28H34N3O4P/c1-4-21-17-31(30-24-10-5-6-11-25(24)35-21)16-18-8-7-9-19(12-18)22(15-27(32)33)20-13-23(29)28(36-3)26(14-20)34-2/h5-14,21-22,30,36H,4,15-17,29H2,1-3H3,(H,32,33). The van der Waals surface area contributed by atoms with Gasteiger partial charge in [0.25, 0.3) is 0 Å². The predicted molar refractivity (Wildman–Crippen MR) is 147 cm³/mol. The number of anilines is 2. The van der Waals surface area contributed by atoms with Gasteiger partial charge in [0.05, 0.1) is 25.8 Å². The van der Waals surface area contributed by atoms with E-state index in [0.717, 1.165) is 46.4 Å². The second kappa shape index (κ2) is 11.6. The lowest BCUT2D eigenvalue weighted by molar-refractivity contribution is -0.137. The highest BCUT2D eigenvalue weighted by Crippen LogP contribution is 2.34. The van der Waals surface area contributed by atoms with Crippen molar-refractivity contribution in [1.29, 1.82) is 0 Å². The molecule has 0 aromatic heterocycles. The maximum atomic E-state index is 11.9. The van der Waals surface area contributed by atoms with E-state index in [1.54, 1.807) is 7.11 Å². The lowest BCUT2D eigenvalue weighted by Gasteiger charge is -2.25. The SMILES string of the molecule is CCC1CN(Cc2cccc(C(CC(=O)O)c3cc(N)c(PC)c(OC)c3)c2)Nc2ccccc2O1. The summed E-state index contributed by atoms with van der Waals surface area (Å²) < 4.78 is 11.8. The number of ether oxygens (including phenoxy) is 2. The zero-order chi connectivity index (χ0) is 25.7. The van der Waals surface area contributed by atoms with Crippen molar-refractivity contribution in [2.45, 2.75) is 38.3 Å². The minimum atomic E-state index is -0.863. The van der Waals surface area contributed by atoms with E-state index in [4.69, 9.17) is 15.2 Å². The number of nitrogens with two attached hydrogens (primary N) is 1. The Morgan fingerprint density at radius 2 is 2.03 bits per heavy atom. The molecule has 1 aliphatic heterocycles. The maximum Gasteiger partial charge on any atom is 0.304 e. The number of nitrogens with zero attached hydrogens (tertiary/aromatic N) is 1. The topological polar surface area (TPSA) is 97.1 Å². The zero-order valence-corrected chi connectivity index (χ0v) is 22.0. The molecule has 7 nitrogen and oxygen atoms in total. The van der Waals surface area contributed by atoms with Crippen LogP contribution in [0.1, 0.15) is 42.4 Å². The van der Waals surface area contributed by atoms with Gasteiger partial charge in [-0.05, 0) is 54.0 Å². The highest BCUT2D eigenvalue weighted by atomic mass is 31.1. The van der Waals surface area contributed by atoms with Gasteiger partial charge in [-0.1, -0.05) is 51.9 Å². The van der Waals surface area contributed by atoms with E-state index >= 15 is 0 Å². The third-order valence-corrected chi connectivity index (χ3v) is 7.51. The Hall–Kier alpha value is -3.28. The molecule has 3 aromatic rings. The van der Waals surface area contributed by atoms with Crippen molar-refractivity contribution in [2.24, 2.45) is 0 Å². The van der Waals surface area contributed by atoms with E-state index in [0.29, 0.717) is 26.6 Å². The molecule has 1 heterocycles. The Kier molecular flexibility index (Phi) is 8.34. The van der Waals surface area contributed by atoms with E-state index in [2.05, 4.69) is 36.2 Å². The molecule has 0 spiro atoms. The molecule has 4 N–H and O–H groups in total. The molecule has 0 aliphatic carbocycles. The molecular formula is C28H34N3O4P. The second-order valence-corrected chi connectivity index (χ2v) is 9.97. The number of nitrogens with one attached hydrogen (secondary N) is 1. The molecule has 1 aliphatic rings. The van der Waals surface area contributed by atoms with Crippen LogP contribution in [0.2, 0.25) is 0 Å². The molecule has 4 rings (SSSR count). The molecule has 0 saturated carbocycles. The first-order valence-corrected chi connectivity index (χ1v) is 13.6. The van der Waals surface area contributed by atoms with Crippen molar-refractivity contribution in [3.8, 4) is 11.5 Å². The molecule has 0 fully saturated rings. The van der Waals surface area contributed by atoms with Gasteiger partial charge in [0.2, 0.25) is 0 Å². The normalized spacial score (nSPS) is 16.6. The number of benzene rings is 3. The number of hydrogen-bond donors (Lipinski definition) is 3. The Morgan fingerprint density at radius 1 is 1.22 bits per heavy atom. The van der Waals surface area contributed by atoms with Crippen LogP contribution in [0.5, 0.6) is 11.5 Å². The Labute approximate surface area is 214 Å². The van der Waals surface area contributed by atoms with Crippen LogP contribution >= 0.6 is 8.58 Å². The third kappa shape index (κ3) is 5.92. The van der Waals surface area contributed by atoms with E-state index in [1.165, 1.54) is 0 Å². The Morgan fingerprint density at radius 3 is 2.75 bits per heavy atom. The van der Waals surface area contributed by atoms with Crippen LogP contribution in [0.25, 0.3) is 0 Å². The Bertz CT molecular complexity index is 1220.